The zero-order chi connectivity index (χ0) is 34.2. The summed E-state index contributed by atoms with van der Waals surface area (Å²) in [5.41, 5.74) is 8.40. The van der Waals surface area contributed by atoms with Gasteiger partial charge in [-0.1, -0.05) is 70.2 Å². The van der Waals surface area contributed by atoms with E-state index in [-0.39, 0.29) is 40.8 Å². The van der Waals surface area contributed by atoms with E-state index in [0.29, 0.717) is 47.2 Å². The summed E-state index contributed by atoms with van der Waals surface area (Å²) in [4.78, 5) is 40.4. The van der Waals surface area contributed by atoms with Crippen LogP contribution in [0.1, 0.15) is 80.2 Å². The van der Waals surface area contributed by atoms with Crippen LogP contribution in [0.4, 0.5) is 11.4 Å². The van der Waals surface area contributed by atoms with E-state index in [9.17, 15) is 14.4 Å². The van der Waals surface area contributed by atoms with Gasteiger partial charge in [-0.05, 0) is 91.3 Å². The number of rotatable bonds is 11. The molecule has 3 amide bonds. The molecule has 0 spiro atoms. The molecule has 3 saturated carbocycles. The molecule has 3 aromatic carbocycles. The fraction of sp³-hybridized carbons (Fsp3) is 0.447. The van der Waals surface area contributed by atoms with Crippen molar-refractivity contribution in [1.29, 1.82) is 0 Å². The number of amides is 3. The van der Waals surface area contributed by atoms with Gasteiger partial charge in [-0.25, -0.2) is 0 Å². The lowest BCUT2D eigenvalue weighted by Gasteiger charge is -2.63. The molecule has 9 nitrogen and oxygen atoms in total. The second-order valence-corrected chi connectivity index (χ2v) is 15.0. The van der Waals surface area contributed by atoms with E-state index in [2.05, 4.69) is 50.6 Å². The molecule has 1 saturated heterocycles. The summed E-state index contributed by atoms with van der Waals surface area (Å²) in [5.74, 6) is -0.123. The summed E-state index contributed by atoms with van der Waals surface area (Å²) in [5, 5.41) is 8.98. The van der Waals surface area contributed by atoms with Crippen LogP contribution in [-0.2, 0) is 20.5 Å². The van der Waals surface area contributed by atoms with Crippen molar-refractivity contribution in [3.05, 3.63) is 95.6 Å². The first-order valence-corrected chi connectivity index (χ1v) is 17.1. The van der Waals surface area contributed by atoms with Gasteiger partial charge in [0, 0.05) is 17.5 Å². The third-order valence-electron chi connectivity index (χ3n) is 10.7. The molecular weight excluding hydrogens is 603 g/mol. The molecular formula is C38H47BN4O5. The SMILES string of the molecule is CC(C)C[C@H](NC(=O)[C@H](Cc1ccccc1)NC(=O)c1ccc(C(=O)Nc2ccccc2N)cc1)B1OC2C3CC(C[C@]2(C)O1)C3(C)C. The largest absolute Gasteiger partial charge is 0.481 e. The van der Waals surface area contributed by atoms with Gasteiger partial charge in [0.1, 0.15) is 6.04 Å². The van der Waals surface area contributed by atoms with Gasteiger partial charge in [-0.2, -0.15) is 0 Å². The van der Waals surface area contributed by atoms with Crippen molar-refractivity contribution in [2.24, 2.45) is 23.2 Å². The molecule has 3 aliphatic carbocycles. The zero-order valence-electron chi connectivity index (χ0n) is 28.5. The van der Waals surface area contributed by atoms with Crippen LogP contribution in [-0.4, -0.2) is 48.5 Å². The highest BCUT2D eigenvalue weighted by atomic mass is 16.7. The Morgan fingerprint density at radius 1 is 0.896 bits per heavy atom. The molecule has 0 aromatic heterocycles. The Hall–Kier alpha value is -4.15. The predicted molar refractivity (Wildman–Crippen MR) is 188 cm³/mol. The van der Waals surface area contributed by atoms with E-state index >= 15 is 0 Å². The van der Waals surface area contributed by atoms with E-state index in [0.717, 1.165) is 18.4 Å². The Bertz CT molecular complexity index is 1650. The van der Waals surface area contributed by atoms with Crippen LogP contribution in [0.15, 0.2) is 78.9 Å². The lowest BCUT2D eigenvalue weighted by molar-refractivity contribution is -0.185. The van der Waals surface area contributed by atoms with Crippen LogP contribution in [0.5, 0.6) is 0 Å². The molecule has 4 fully saturated rings. The number of nitrogen functional groups attached to an aromatic ring is 1. The molecule has 4 aliphatic rings. The smallest absolute Gasteiger partial charge is 0.404 e. The van der Waals surface area contributed by atoms with E-state index in [4.69, 9.17) is 15.0 Å². The van der Waals surface area contributed by atoms with Crippen LogP contribution < -0.4 is 21.7 Å². The number of benzene rings is 3. The number of hydrogen-bond acceptors (Lipinski definition) is 6. The van der Waals surface area contributed by atoms with E-state index in [1.807, 2.05) is 30.3 Å². The second-order valence-electron chi connectivity index (χ2n) is 15.0. The molecule has 10 heteroatoms. The van der Waals surface area contributed by atoms with Gasteiger partial charge in [0.2, 0.25) is 5.91 Å². The Morgan fingerprint density at radius 3 is 2.19 bits per heavy atom. The van der Waals surface area contributed by atoms with E-state index < -0.39 is 19.1 Å². The first kappa shape index (κ1) is 33.7. The highest BCUT2D eigenvalue weighted by molar-refractivity contribution is 6.48. The van der Waals surface area contributed by atoms with Gasteiger partial charge in [-0.15, -0.1) is 0 Å². The van der Waals surface area contributed by atoms with Crippen molar-refractivity contribution in [1.82, 2.24) is 10.6 Å². The zero-order valence-corrected chi connectivity index (χ0v) is 28.5. The summed E-state index contributed by atoms with van der Waals surface area (Å²) in [6.45, 7) is 11.0. The Balaban J connectivity index is 1.16. The Labute approximate surface area is 283 Å². The number of carbonyl (C=O) groups excluding carboxylic acids is 3. The average molecular weight is 651 g/mol. The van der Waals surface area contributed by atoms with Crippen molar-refractivity contribution >= 4 is 36.2 Å². The topological polar surface area (TPSA) is 132 Å². The summed E-state index contributed by atoms with van der Waals surface area (Å²) >= 11 is 0. The normalized spacial score (nSPS) is 25.0. The first-order chi connectivity index (χ1) is 22.8. The maximum atomic E-state index is 14.1. The summed E-state index contributed by atoms with van der Waals surface area (Å²) in [6, 6.07) is 22.1. The molecule has 3 aromatic rings. The molecule has 252 valence electrons. The van der Waals surface area contributed by atoms with Gasteiger partial charge < -0.3 is 31.0 Å². The summed E-state index contributed by atoms with van der Waals surface area (Å²) < 4.78 is 13.3. The van der Waals surface area contributed by atoms with Gasteiger partial charge in [0.05, 0.1) is 29.0 Å². The number of nitrogens with two attached hydrogens (primary N) is 1. The van der Waals surface area contributed by atoms with Gasteiger partial charge >= 0.3 is 7.12 Å². The monoisotopic (exact) mass is 650 g/mol. The molecule has 1 aliphatic heterocycles. The minimum absolute atomic E-state index is 0.0102. The summed E-state index contributed by atoms with van der Waals surface area (Å²) in [7, 11) is -0.570. The number of carbonyl (C=O) groups is 3. The molecule has 2 bridgehead atoms. The quantitative estimate of drug-likeness (QED) is 0.157. The second kappa shape index (κ2) is 13.4. The van der Waals surface area contributed by atoms with E-state index in [1.54, 1.807) is 48.5 Å². The van der Waals surface area contributed by atoms with Crippen LogP contribution >= 0.6 is 0 Å². The molecule has 1 heterocycles. The van der Waals surface area contributed by atoms with Crippen LogP contribution in [0, 0.1) is 23.2 Å². The summed E-state index contributed by atoms with van der Waals surface area (Å²) in [6.07, 6.45) is 3.07. The highest BCUT2D eigenvalue weighted by Crippen LogP contribution is 2.64. The number of anilines is 2. The molecule has 0 radical (unpaired) electrons. The van der Waals surface area contributed by atoms with Gasteiger partial charge in [0.25, 0.3) is 11.8 Å². The molecule has 48 heavy (non-hydrogen) atoms. The number of para-hydroxylation sites is 2. The predicted octanol–water partition coefficient (Wildman–Crippen LogP) is 5.66. The van der Waals surface area contributed by atoms with Crippen molar-refractivity contribution in [2.75, 3.05) is 11.1 Å². The fourth-order valence-electron chi connectivity index (χ4n) is 7.82. The number of hydrogen-bond donors (Lipinski definition) is 4. The first-order valence-electron chi connectivity index (χ1n) is 17.1. The number of nitrogens with one attached hydrogen (secondary N) is 3. The van der Waals surface area contributed by atoms with Crippen molar-refractivity contribution < 1.29 is 23.7 Å². The third-order valence-corrected chi connectivity index (χ3v) is 10.7. The average Bonchev–Trinajstić information content (AvgIpc) is 3.43. The van der Waals surface area contributed by atoms with Crippen molar-refractivity contribution in [3.63, 3.8) is 0 Å². The molecule has 3 unspecified atom stereocenters. The molecule has 5 N–H and O–H groups in total. The van der Waals surface area contributed by atoms with Gasteiger partial charge in [0.15, 0.2) is 0 Å². The Kier molecular flexibility index (Phi) is 9.42. The highest BCUT2D eigenvalue weighted by Gasteiger charge is 2.67. The third kappa shape index (κ3) is 6.87. The maximum absolute atomic E-state index is 14.1. The minimum atomic E-state index is -0.857. The minimum Gasteiger partial charge on any atom is -0.404 e. The lowest BCUT2D eigenvalue weighted by atomic mass is 9.45. The van der Waals surface area contributed by atoms with Crippen LogP contribution in [0.25, 0.3) is 0 Å². The van der Waals surface area contributed by atoms with Crippen LogP contribution in [0.2, 0.25) is 0 Å². The molecule has 6 atom stereocenters. The van der Waals surface area contributed by atoms with Gasteiger partial charge in [-0.3, -0.25) is 14.4 Å². The lowest BCUT2D eigenvalue weighted by Crippen LogP contribution is -2.63. The standard InChI is InChI=1S/C38H47BN4O5/c1-23(2)19-32(39-47-33-28-21-27(37(28,3)4)22-38(33,5)48-39)43-36(46)31(20-24-11-7-6-8-12-24)42-35(45)26-17-15-25(16-18-26)34(44)41-30-14-10-9-13-29(30)40/h6-18,23,27-28,31-33H,19-22,40H2,1-5H3,(H,41,44)(H,42,45)(H,43,46)/t27?,28?,31-,32-,33?,38-/m0/s1. The fourth-order valence-corrected chi connectivity index (χ4v) is 7.82. The van der Waals surface area contributed by atoms with Crippen molar-refractivity contribution in [3.8, 4) is 0 Å². The molecule has 7 rings (SSSR count). The van der Waals surface area contributed by atoms with Crippen molar-refractivity contribution in [2.45, 2.75) is 84.0 Å². The Morgan fingerprint density at radius 2 is 1.54 bits per heavy atom. The van der Waals surface area contributed by atoms with E-state index in [1.165, 1.54) is 0 Å². The maximum Gasteiger partial charge on any atom is 0.481 e. The van der Waals surface area contributed by atoms with Crippen LogP contribution in [0.3, 0.4) is 0 Å².